The number of benzene rings is 2. The van der Waals surface area contributed by atoms with E-state index in [0.717, 1.165) is 16.0 Å². The number of anilines is 1. The molecule has 0 radical (unpaired) electrons. The first kappa shape index (κ1) is 18.0. The Kier molecular flexibility index (Phi) is 5.58. The molecule has 1 N–H and O–H groups in total. The smallest absolute Gasteiger partial charge is 0.266 e. The van der Waals surface area contributed by atoms with Crippen LogP contribution >= 0.6 is 11.3 Å². The lowest BCUT2D eigenvalue weighted by atomic mass is 10.3. The molecular formula is C19H20N2O4S. The van der Waals surface area contributed by atoms with Crippen molar-refractivity contribution in [1.82, 2.24) is 4.98 Å². The van der Waals surface area contributed by atoms with Crippen molar-refractivity contribution >= 4 is 32.6 Å². The molecule has 136 valence electrons. The van der Waals surface area contributed by atoms with Gasteiger partial charge in [-0.1, -0.05) is 17.4 Å². The minimum absolute atomic E-state index is 0.267. The molecule has 1 atom stereocenters. The van der Waals surface area contributed by atoms with Crippen LogP contribution in [0, 0.1) is 0 Å². The second kappa shape index (κ2) is 8.05. The topological polar surface area (TPSA) is 69.7 Å². The van der Waals surface area contributed by atoms with Crippen molar-refractivity contribution in [3.63, 3.8) is 0 Å². The van der Waals surface area contributed by atoms with Crippen LogP contribution in [-0.2, 0) is 4.79 Å². The molecule has 26 heavy (non-hydrogen) atoms. The molecular weight excluding hydrogens is 352 g/mol. The van der Waals surface area contributed by atoms with E-state index >= 15 is 0 Å². The molecule has 0 fully saturated rings. The SMILES string of the molecule is CCOc1ccc2nc(NC(=O)C(C)Oc3cccc(OC)c3)sc2c1. The summed E-state index contributed by atoms with van der Waals surface area (Å²) in [7, 11) is 1.58. The van der Waals surface area contributed by atoms with E-state index in [0.29, 0.717) is 23.2 Å². The molecule has 1 aromatic heterocycles. The lowest BCUT2D eigenvalue weighted by molar-refractivity contribution is -0.122. The predicted octanol–water partition coefficient (Wildman–Crippen LogP) is 4.11. The first-order valence-corrected chi connectivity index (χ1v) is 9.05. The molecule has 2 aromatic carbocycles. The maximum Gasteiger partial charge on any atom is 0.266 e. The van der Waals surface area contributed by atoms with Gasteiger partial charge in [0.25, 0.3) is 5.91 Å². The van der Waals surface area contributed by atoms with E-state index in [1.807, 2.05) is 37.3 Å². The normalized spacial score (nSPS) is 11.8. The van der Waals surface area contributed by atoms with Gasteiger partial charge in [-0.25, -0.2) is 4.98 Å². The van der Waals surface area contributed by atoms with Crippen molar-refractivity contribution in [2.75, 3.05) is 19.0 Å². The number of hydrogen-bond donors (Lipinski definition) is 1. The van der Waals surface area contributed by atoms with Gasteiger partial charge in [0.05, 0.1) is 23.9 Å². The van der Waals surface area contributed by atoms with Gasteiger partial charge in [0.2, 0.25) is 0 Å². The summed E-state index contributed by atoms with van der Waals surface area (Å²) in [5.74, 6) is 1.76. The highest BCUT2D eigenvalue weighted by molar-refractivity contribution is 7.22. The Morgan fingerprint density at radius 1 is 1.19 bits per heavy atom. The molecule has 1 unspecified atom stereocenters. The maximum atomic E-state index is 12.4. The molecule has 1 heterocycles. The van der Waals surface area contributed by atoms with Gasteiger partial charge in [-0.2, -0.15) is 0 Å². The van der Waals surface area contributed by atoms with E-state index < -0.39 is 6.10 Å². The van der Waals surface area contributed by atoms with Crippen LogP contribution in [-0.4, -0.2) is 30.7 Å². The molecule has 1 amide bonds. The van der Waals surface area contributed by atoms with Crippen molar-refractivity contribution in [3.05, 3.63) is 42.5 Å². The standard InChI is InChI=1S/C19H20N2O4S/c1-4-24-14-8-9-16-17(11-14)26-19(20-16)21-18(22)12(2)25-15-7-5-6-13(10-15)23-3/h5-12H,4H2,1-3H3,(H,20,21,22). The van der Waals surface area contributed by atoms with Crippen LogP contribution in [0.5, 0.6) is 17.2 Å². The highest BCUT2D eigenvalue weighted by Gasteiger charge is 2.17. The summed E-state index contributed by atoms with van der Waals surface area (Å²) in [6.07, 6.45) is -0.673. The van der Waals surface area contributed by atoms with E-state index in [9.17, 15) is 4.79 Å². The van der Waals surface area contributed by atoms with Gasteiger partial charge in [-0.15, -0.1) is 0 Å². The van der Waals surface area contributed by atoms with E-state index in [4.69, 9.17) is 14.2 Å². The van der Waals surface area contributed by atoms with Crippen molar-refractivity contribution < 1.29 is 19.0 Å². The summed E-state index contributed by atoms with van der Waals surface area (Å²) in [5.41, 5.74) is 0.815. The van der Waals surface area contributed by atoms with Gasteiger partial charge in [-0.05, 0) is 44.2 Å². The molecule has 3 aromatic rings. The highest BCUT2D eigenvalue weighted by Crippen LogP contribution is 2.29. The number of hydrogen-bond acceptors (Lipinski definition) is 6. The number of carbonyl (C=O) groups excluding carboxylic acids is 1. The molecule has 0 spiro atoms. The van der Waals surface area contributed by atoms with Gasteiger partial charge >= 0.3 is 0 Å². The third kappa shape index (κ3) is 4.23. The Labute approximate surface area is 155 Å². The Morgan fingerprint density at radius 2 is 2.00 bits per heavy atom. The van der Waals surface area contributed by atoms with Crippen LogP contribution in [0.2, 0.25) is 0 Å². The minimum Gasteiger partial charge on any atom is -0.497 e. The molecule has 0 bridgehead atoms. The van der Waals surface area contributed by atoms with Crippen LogP contribution in [0.15, 0.2) is 42.5 Å². The Bertz CT molecular complexity index is 909. The second-order valence-corrected chi connectivity index (χ2v) is 6.54. The fraction of sp³-hybridized carbons (Fsp3) is 0.263. The van der Waals surface area contributed by atoms with E-state index in [1.165, 1.54) is 11.3 Å². The van der Waals surface area contributed by atoms with Crippen LogP contribution in [0.1, 0.15) is 13.8 Å². The van der Waals surface area contributed by atoms with Crippen molar-refractivity contribution in [2.24, 2.45) is 0 Å². The molecule has 0 aliphatic rings. The van der Waals surface area contributed by atoms with E-state index in [2.05, 4.69) is 10.3 Å². The van der Waals surface area contributed by atoms with Crippen molar-refractivity contribution in [2.45, 2.75) is 20.0 Å². The summed E-state index contributed by atoms with van der Waals surface area (Å²) in [6.45, 7) is 4.23. The van der Waals surface area contributed by atoms with Crippen LogP contribution in [0.4, 0.5) is 5.13 Å². The zero-order chi connectivity index (χ0) is 18.5. The number of carbonyl (C=O) groups is 1. The summed E-state index contributed by atoms with van der Waals surface area (Å²) >= 11 is 1.40. The van der Waals surface area contributed by atoms with Crippen LogP contribution in [0.3, 0.4) is 0 Å². The summed E-state index contributed by atoms with van der Waals surface area (Å²) in [4.78, 5) is 16.8. The third-order valence-corrected chi connectivity index (χ3v) is 4.56. The molecule has 0 saturated heterocycles. The minimum atomic E-state index is -0.673. The number of nitrogens with zero attached hydrogens (tertiary/aromatic N) is 1. The van der Waals surface area contributed by atoms with Crippen molar-refractivity contribution in [1.29, 1.82) is 0 Å². The zero-order valence-corrected chi connectivity index (χ0v) is 15.6. The molecule has 7 heteroatoms. The van der Waals surface area contributed by atoms with E-state index in [1.54, 1.807) is 26.2 Å². The number of nitrogens with one attached hydrogen (secondary N) is 1. The first-order valence-electron chi connectivity index (χ1n) is 8.24. The average Bonchev–Trinajstić information content (AvgIpc) is 3.03. The second-order valence-electron chi connectivity index (χ2n) is 5.51. The number of rotatable bonds is 7. The molecule has 0 saturated carbocycles. The lowest BCUT2D eigenvalue weighted by Crippen LogP contribution is -2.30. The third-order valence-electron chi connectivity index (χ3n) is 3.62. The van der Waals surface area contributed by atoms with Crippen LogP contribution < -0.4 is 19.5 Å². The summed E-state index contributed by atoms with van der Waals surface area (Å²) < 4.78 is 17.3. The Morgan fingerprint density at radius 3 is 2.77 bits per heavy atom. The largest absolute Gasteiger partial charge is 0.497 e. The monoisotopic (exact) mass is 372 g/mol. The number of amides is 1. The van der Waals surface area contributed by atoms with Gasteiger partial charge in [0.15, 0.2) is 11.2 Å². The average molecular weight is 372 g/mol. The van der Waals surface area contributed by atoms with Crippen molar-refractivity contribution in [3.8, 4) is 17.2 Å². The molecule has 3 rings (SSSR count). The lowest BCUT2D eigenvalue weighted by Gasteiger charge is -2.14. The summed E-state index contributed by atoms with van der Waals surface area (Å²) in [6, 6.07) is 12.8. The quantitative estimate of drug-likeness (QED) is 0.676. The predicted molar refractivity (Wildman–Crippen MR) is 103 cm³/mol. The van der Waals surface area contributed by atoms with Crippen LogP contribution in [0.25, 0.3) is 10.2 Å². The molecule has 0 aliphatic heterocycles. The summed E-state index contributed by atoms with van der Waals surface area (Å²) in [5, 5.41) is 3.33. The number of aromatic nitrogens is 1. The number of methoxy groups -OCH3 is 1. The zero-order valence-electron chi connectivity index (χ0n) is 14.8. The maximum absolute atomic E-state index is 12.4. The van der Waals surface area contributed by atoms with Gasteiger partial charge in [-0.3, -0.25) is 10.1 Å². The number of fused-ring (bicyclic) bond motifs is 1. The highest BCUT2D eigenvalue weighted by atomic mass is 32.1. The van der Waals surface area contributed by atoms with E-state index in [-0.39, 0.29) is 5.91 Å². The van der Waals surface area contributed by atoms with Gasteiger partial charge in [0, 0.05) is 6.07 Å². The first-order chi connectivity index (χ1) is 12.6. The molecule has 6 nitrogen and oxygen atoms in total. The fourth-order valence-electron chi connectivity index (χ4n) is 2.35. The number of ether oxygens (including phenoxy) is 3. The van der Waals surface area contributed by atoms with Gasteiger partial charge < -0.3 is 14.2 Å². The number of thiazole rings is 1. The fourth-order valence-corrected chi connectivity index (χ4v) is 3.25. The Balaban J connectivity index is 1.67. The Hall–Kier alpha value is -2.80. The molecule has 0 aliphatic carbocycles. The van der Waals surface area contributed by atoms with Gasteiger partial charge in [0.1, 0.15) is 17.2 Å².